The van der Waals surface area contributed by atoms with Crippen LogP contribution in [0, 0.1) is 0 Å². The van der Waals surface area contributed by atoms with Gasteiger partial charge in [0.25, 0.3) is 0 Å². The van der Waals surface area contributed by atoms with Crippen molar-refractivity contribution in [3.05, 3.63) is 34.9 Å². The number of aliphatic hydroxyl groups excluding tert-OH is 1. The van der Waals surface area contributed by atoms with Crippen molar-refractivity contribution in [3.63, 3.8) is 0 Å². The van der Waals surface area contributed by atoms with Crippen LogP contribution in [0.2, 0.25) is 5.02 Å². The van der Waals surface area contributed by atoms with E-state index >= 15 is 0 Å². The largest absolute Gasteiger partial charge is 0.386 e. The van der Waals surface area contributed by atoms with E-state index in [0.717, 1.165) is 11.5 Å². The fraction of sp³-hybridized carbons (Fsp3) is 0.462. The Morgan fingerprint density at radius 2 is 1.89 bits per heavy atom. The van der Waals surface area contributed by atoms with Gasteiger partial charge in [0.2, 0.25) is 0 Å². The summed E-state index contributed by atoms with van der Waals surface area (Å²) in [5.74, 6) is 0.816. The van der Waals surface area contributed by atoms with Gasteiger partial charge < -0.3 is 14.9 Å². The third-order valence-electron chi connectivity index (χ3n) is 2.44. The van der Waals surface area contributed by atoms with Gasteiger partial charge in [0, 0.05) is 33.2 Å². The van der Waals surface area contributed by atoms with Crippen molar-refractivity contribution in [3.8, 4) is 0 Å². The van der Waals surface area contributed by atoms with Crippen LogP contribution in [0.15, 0.2) is 29.3 Å². The quantitative estimate of drug-likeness (QED) is 0.672. The van der Waals surface area contributed by atoms with Crippen LogP contribution < -0.4 is 0 Å². The lowest BCUT2D eigenvalue weighted by Gasteiger charge is -2.23. The van der Waals surface area contributed by atoms with Crippen molar-refractivity contribution in [1.82, 2.24) is 9.80 Å². The molecule has 1 rings (SSSR count). The van der Waals surface area contributed by atoms with Crippen molar-refractivity contribution in [2.24, 2.45) is 4.99 Å². The van der Waals surface area contributed by atoms with E-state index in [0.29, 0.717) is 11.6 Å². The number of aliphatic imine (C=N–C) groups is 1. The summed E-state index contributed by atoms with van der Waals surface area (Å²) in [5.41, 5.74) is 0.781. The maximum atomic E-state index is 10.1. The maximum Gasteiger partial charge on any atom is 0.195 e. The highest BCUT2D eigenvalue weighted by Gasteiger charge is 2.09. The predicted octanol–water partition coefficient (Wildman–Crippen LogP) is 1.85. The van der Waals surface area contributed by atoms with Crippen molar-refractivity contribution in [2.45, 2.75) is 6.10 Å². The number of nitrogens with zero attached hydrogens (tertiary/aromatic N) is 3. The zero-order chi connectivity index (χ0) is 13.7. The summed E-state index contributed by atoms with van der Waals surface area (Å²) in [5, 5.41) is 10.7. The Bertz CT molecular complexity index is 408. The first-order chi connectivity index (χ1) is 8.41. The summed E-state index contributed by atoms with van der Waals surface area (Å²) >= 11 is 5.89. The zero-order valence-electron chi connectivity index (χ0n) is 11.3. The predicted molar refractivity (Wildman–Crippen MR) is 76.1 cm³/mol. The monoisotopic (exact) mass is 269 g/mol. The summed E-state index contributed by atoms with van der Waals surface area (Å²) in [4.78, 5) is 8.22. The van der Waals surface area contributed by atoms with E-state index < -0.39 is 6.10 Å². The lowest BCUT2D eigenvalue weighted by Crippen LogP contribution is -2.35. The number of hydrogen-bond donors (Lipinski definition) is 1. The molecule has 0 spiro atoms. The van der Waals surface area contributed by atoms with Gasteiger partial charge in [0.15, 0.2) is 5.96 Å². The van der Waals surface area contributed by atoms with Gasteiger partial charge in [-0.2, -0.15) is 0 Å². The Hall–Kier alpha value is -1.26. The normalized spacial score (nSPS) is 11.9. The van der Waals surface area contributed by atoms with Crippen LogP contribution in [0.4, 0.5) is 0 Å². The molecule has 1 aromatic carbocycles. The Kier molecular flexibility index (Phi) is 5.44. The first kappa shape index (κ1) is 14.8. The van der Waals surface area contributed by atoms with Crippen LogP contribution >= 0.6 is 11.6 Å². The first-order valence-electron chi connectivity index (χ1n) is 5.74. The molecule has 1 unspecified atom stereocenters. The second kappa shape index (κ2) is 6.61. The molecule has 18 heavy (non-hydrogen) atoms. The summed E-state index contributed by atoms with van der Waals surface area (Å²) < 4.78 is 0. The van der Waals surface area contributed by atoms with Gasteiger partial charge in [-0.1, -0.05) is 23.7 Å². The van der Waals surface area contributed by atoms with E-state index in [1.807, 2.05) is 50.1 Å². The topological polar surface area (TPSA) is 39.1 Å². The lowest BCUT2D eigenvalue weighted by atomic mass is 10.1. The molecule has 4 nitrogen and oxygen atoms in total. The van der Waals surface area contributed by atoms with Crippen LogP contribution in [-0.4, -0.2) is 55.6 Å². The molecule has 0 aliphatic rings. The van der Waals surface area contributed by atoms with Crippen LogP contribution in [0.5, 0.6) is 0 Å². The average Bonchev–Trinajstić information content (AvgIpc) is 2.28. The number of halogens is 1. The molecular formula is C13H20ClN3O. The van der Waals surface area contributed by atoms with Crippen LogP contribution in [-0.2, 0) is 0 Å². The maximum absolute atomic E-state index is 10.1. The van der Waals surface area contributed by atoms with Crippen LogP contribution in [0.1, 0.15) is 11.7 Å². The van der Waals surface area contributed by atoms with Gasteiger partial charge in [0.05, 0.1) is 12.6 Å². The standard InChI is InChI=1S/C13H20ClN3O/c1-16(2)13(17(3)4)15-9-12(18)10-6-5-7-11(14)8-10/h5-8,12,18H,9H2,1-4H3. The molecule has 0 aliphatic carbocycles. The number of rotatable bonds is 3. The van der Waals surface area contributed by atoms with Gasteiger partial charge in [-0.25, -0.2) is 4.99 Å². The van der Waals surface area contributed by atoms with Gasteiger partial charge in [-0.15, -0.1) is 0 Å². The number of benzene rings is 1. The van der Waals surface area contributed by atoms with E-state index in [1.54, 1.807) is 12.1 Å². The van der Waals surface area contributed by atoms with Crippen LogP contribution in [0.3, 0.4) is 0 Å². The number of hydrogen-bond acceptors (Lipinski definition) is 2. The van der Waals surface area contributed by atoms with E-state index in [4.69, 9.17) is 11.6 Å². The van der Waals surface area contributed by atoms with Crippen molar-refractivity contribution in [1.29, 1.82) is 0 Å². The van der Waals surface area contributed by atoms with E-state index in [-0.39, 0.29) is 0 Å². The molecule has 0 aliphatic heterocycles. The summed E-state index contributed by atoms with van der Waals surface area (Å²) in [6.07, 6.45) is -0.640. The smallest absolute Gasteiger partial charge is 0.195 e. The molecular weight excluding hydrogens is 250 g/mol. The molecule has 0 heterocycles. The third-order valence-corrected chi connectivity index (χ3v) is 2.67. The molecule has 5 heteroatoms. The second-order valence-corrected chi connectivity index (χ2v) is 4.94. The van der Waals surface area contributed by atoms with Gasteiger partial charge in [0.1, 0.15) is 0 Å². The Morgan fingerprint density at radius 1 is 1.28 bits per heavy atom. The zero-order valence-corrected chi connectivity index (χ0v) is 12.0. The van der Waals surface area contributed by atoms with Crippen molar-refractivity contribution < 1.29 is 5.11 Å². The number of guanidine groups is 1. The fourth-order valence-electron chi connectivity index (χ4n) is 1.67. The minimum Gasteiger partial charge on any atom is -0.386 e. The van der Waals surface area contributed by atoms with E-state index in [1.165, 1.54) is 0 Å². The highest BCUT2D eigenvalue weighted by Crippen LogP contribution is 2.17. The lowest BCUT2D eigenvalue weighted by molar-refractivity contribution is 0.186. The van der Waals surface area contributed by atoms with Gasteiger partial charge in [-0.3, -0.25) is 0 Å². The molecule has 0 fully saturated rings. The molecule has 0 aromatic heterocycles. The molecule has 0 radical (unpaired) electrons. The second-order valence-electron chi connectivity index (χ2n) is 4.50. The molecule has 1 atom stereocenters. The molecule has 100 valence electrons. The molecule has 1 N–H and O–H groups in total. The van der Waals surface area contributed by atoms with E-state index in [9.17, 15) is 5.11 Å². The average molecular weight is 270 g/mol. The minimum atomic E-state index is -0.640. The third kappa shape index (κ3) is 4.20. The molecule has 0 saturated carbocycles. The van der Waals surface area contributed by atoms with Crippen molar-refractivity contribution >= 4 is 17.6 Å². The van der Waals surface area contributed by atoms with E-state index in [2.05, 4.69) is 4.99 Å². The summed E-state index contributed by atoms with van der Waals surface area (Å²) in [6.45, 7) is 0.312. The Labute approximate surface area is 113 Å². The molecule has 0 bridgehead atoms. The fourth-order valence-corrected chi connectivity index (χ4v) is 1.87. The first-order valence-corrected chi connectivity index (χ1v) is 6.12. The Morgan fingerprint density at radius 3 is 2.39 bits per heavy atom. The molecule has 0 saturated heterocycles. The highest BCUT2D eigenvalue weighted by molar-refractivity contribution is 6.30. The van der Waals surface area contributed by atoms with Gasteiger partial charge in [-0.05, 0) is 17.7 Å². The van der Waals surface area contributed by atoms with Crippen molar-refractivity contribution in [2.75, 3.05) is 34.7 Å². The molecule has 1 aromatic rings. The minimum absolute atomic E-state index is 0.312. The highest BCUT2D eigenvalue weighted by atomic mass is 35.5. The number of aliphatic hydroxyl groups is 1. The Balaban J connectivity index is 2.75. The SMILES string of the molecule is CN(C)C(=NCC(O)c1cccc(Cl)c1)N(C)C. The molecule has 0 amide bonds. The van der Waals surface area contributed by atoms with Gasteiger partial charge >= 0.3 is 0 Å². The summed E-state index contributed by atoms with van der Waals surface area (Å²) in [6, 6.07) is 7.21. The van der Waals surface area contributed by atoms with Crippen LogP contribution in [0.25, 0.3) is 0 Å². The summed E-state index contributed by atoms with van der Waals surface area (Å²) in [7, 11) is 7.68.